The summed E-state index contributed by atoms with van der Waals surface area (Å²) >= 11 is 0. The highest BCUT2D eigenvalue weighted by molar-refractivity contribution is 5.95. The van der Waals surface area contributed by atoms with Crippen LogP contribution >= 0.6 is 0 Å². The average Bonchev–Trinajstić information content (AvgIpc) is 2.50. The van der Waals surface area contributed by atoms with Crippen molar-refractivity contribution < 1.29 is 48.7 Å². The van der Waals surface area contributed by atoms with Crippen LogP contribution in [0.5, 0.6) is 0 Å². The zero-order valence-corrected chi connectivity index (χ0v) is 12.8. The molecule has 13 heteroatoms. The van der Waals surface area contributed by atoms with Crippen LogP contribution in [0, 0.1) is 11.3 Å². The van der Waals surface area contributed by atoms with Gasteiger partial charge in [-0.3, -0.25) is 4.79 Å². The number of amides is 1. The monoisotopic (exact) mass is 410 g/mol. The fourth-order valence-electron chi connectivity index (χ4n) is 1.92. The first-order valence-corrected chi connectivity index (χ1v) is 6.72. The fourth-order valence-corrected chi connectivity index (χ4v) is 1.92. The van der Waals surface area contributed by atoms with Crippen molar-refractivity contribution in [2.24, 2.45) is 0 Å². The van der Waals surface area contributed by atoms with Gasteiger partial charge in [0.25, 0.3) is 0 Å². The van der Waals surface area contributed by atoms with Gasteiger partial charge >= 0.3 is 24.2 Å². The Kier molecular flexibility index (Phi) is 6.04. The number of hydrogen-bond donors (Lipinski definition) is 0. The lowest BCUT2D eigenvalue weighted by Crippen LogP contribution is -2.58. The van der Waals surface area contributed by atoms with Crippen molar-refractivity contribution in [3.8, 4) is 6.07 Å². The number of hydrogen-bond acceptors (Lipinski definition) is 2. The highest BCUT2D eigenvalue weighted by Gasteiger charge is 2.73. The molecule has 0 unspecified atom stereocenters. The first kappa shape index (κ1) is 22.5. The number of benzene rings is 1. The molecular weight excluding hydrogens is 402 g/mol. The van der Waals surface area contributed by atoms with Gasteiger partial charge in [-0.15, -0.1) is 0 Å². The van der Waals surface area contributed by atoms with E-state index in [0.717, 1.165) is 18.2 Å². The molecule has 0 aliphatic heterocycles. The van der Waals surface area contributed by atoms with Crippen LogP contribution in [0.1, 0.15) is 12.0 Å². The number of rotatable bonds is 5. The molecule has 0 saturated carbocycles. The lowest BCUT2D eigenvalue weighted by atomic mass is 10.1. The summed E-state index contributed by atoms with van der Waals surface area (Å²) in [5.41, 5.74) is -3.12. The van der Waals surface area contributed by atoms with E-state index >= 15 is 0 Å². The van der Waals surface area contributed by atoms with E-state index in [2.05, 4.69) is 0 Å². The fraction of sp³-hybridized carbons (Fsp3) is 0.429. The molecular formula is C14H8F10N2O. The Bertz CT molecular complexity index is 733. The van der Waals surface area contributed by atoms with Gasteiger partial charge in [-0.05, 0) is 12.1 Å². The van der Waals surface area contributed by atoms with Gasteiger partial charge in [0, 0.05) is 0 Å². The maximum atomic E-state index is 13.6. The van der Waals surface area contributed by atoms with Gasteiger partial charge in [0.2, 0.25) is 5.91 Å². The second-order valence-electron chi connectivity index (χ2n) is 5.11. The molecule has 0 atom stereocenters. The molecule has 0 N–H and O–H groups in total. The van der Waals surface area contributed by atoms with Crippen LogP contribution < -0.4 is 4.90 Å². The maximum absolute atomic E-state index is 13.6. The molecule has 0 aliphatic carbocycles. The molecule has 0 bridgehead atoms. The van der Waals surface area contributed by atoms with Crippen LogP contribution in [0.25, 0.3) is 0 Å². The van der Waals surface area contributed by atoms with E-state index in [1.165, 1.54) is 0 Å². The van der Waals surface area contributed by atoms with Crippen LogP contribution in [-0.2, 0) is 11.0 Å². The number of para-hydroxylation sites is 1. The van der Waals surface area contributed by atoms with E-state index in [1.807, 2.05) is 0 Å². The quantitative estimate of drug-likeness (QED) is 0.656. The third-order valence-corrected chi connectivity index (χ3v) is 3.20. The number of alkyl halides is 10. The second-order valence-corrected chi connectivity index (χ2v) is 5.11. The van der Waals surface area contributed by atoms with Crippen LogP contribution in [0.3, 0.4) is 0 Å². The standard InChI is InChI=1S/C14H8F10N2O/c15-11(16,13(20,21)14(22,23)24)7-26(10(27)5-6-25)9-4-2-1-3-8(9)12(17,18)19/h1-4H,5,7H2. The molecule has 1 rings (SSSR count). The Hall–Kier alpha value is -2.52. The number of nitriles is 1. The molecule has 1 aromatic carbocycles. The Morgan fingerprint density at radius 1 is 0.963 bits per heavy atom. The minimum absolute atomic E-state index is 0.308. The zero-order valence-electron chi connectivity index (χ0n) is 12.8. The largest absolute Gasteiger partial charge is 0.459 e. The van der Waals surface area contributed by atoms with Gasteiger partial charge < -0.3 is 4.90 Å². The predicted molar refractivity (Wildman–Crippen MR) is 70.0 cm³/mol. The Labute approximate surface area is 144 Å². The van der Waals surface area contributed by atoms with Gasteiger partial charge in [-0.25, -0.2) is 0 Å². The Morgan fingerprint density at radius 3 is 1.93 bits per heavy atom. The van der Waals surface area contributed by atoms with E-state index in [0.29, 0.717) is 12.1 Å². The van der Waals surface area contributed by atoms with Gasteiger partial charge in [0.1, 0.15) is 6.42 Å². The molecule has 1 amide bonds. The summed E-state index contributed by atoms with van der Waals surface area (Å²) in [4.78, 5) is 11.1. The topological polar surface area (TPSA) is 44.1 Å². The Morgan fingerprint density at radius 2 is 1.48 bits per heavy atom. The smallest absolute Gasteiger partial charge is 0.305 e. The van der Waals surface area contributed by atoms with Crippen LogP contribution in [0.15, 0.2) is 24.3 Å². The van der Waals surface area contributed by atoms with Crippen molar-refractivity contribution in [3.63, 3.8) is 0 Å². The first-order valence-electron chi connectivity index (χ1n) is 6.72. The van der Waals surface area contributed by atoms with E-state index in [1.54, 1.807) is 0 Å². The third kappa shape index (κ3) is 4.61. The van der Waals surface area contributed by atoms with Crippen molar-refractivity contribution in [3.05, 3.63) is 29.8 Å². The van der Waals surface area contributed by atoms with Crippen LogP contribution in [0.2, 0.25) is 0 Å². The normalized spacial score (nSPS) is 13.2. The highest BCUT2D eigenvalue weighted by Crippen LogP contribution is 2.47. The van der Waals surface area contributed by atoms with Crippen molar-refractivity contribution in [2.45, 2.75) is 30.6 Å². The summed E-state index contributed by atoms with van der Waals surface area (Å²) in [5, 5.41) is 8.41. The molecule has 0 spiro atoms. The number of nitrogens with zero attached hydrogens (tertiary/aromatic N) is 2. The molecule has 3 nitrogen and oxygen atoms in total. The molecule has 27 heavy (non-hydrogen) atoms. The van der Waals surface area contributed by atoms with Crippen molar-refractivity contribution in [1.82, 2.24) is 0 Å². The summed E-state index contributed by atoms with van der Waals surface area (Å²) in [7, 11) is 0. The molecule has 0 heterocycles. The first-order chi connectivity index (χ1) is 12.1. The van der Waals surface area contributed by atoms with E-state index in [-0.39, 0.29) is 0 Å². The molecule has 0 fully saturated rings. The van der Waals surface area contributed by atoms with E-state index in [9.17, 15) is 48.7 Å². The zero-order chi connectivity index (χ0) is 21.3. The molecule has 1 aromatic rings. The average molecular weight is 410 g/mol. The predicted octanol–water partition coefficient (Wildman–Crippen LogP) is 4.78. The number of carbonyl (C=O) groups excluding carboxylic acids is 1. The van der Waals surface area contributed by atoms with Crippen LogP contribution in [0.4, 0.5) is 49.6 Å². The highest BCUT2D eigenvalue weighted by atomic mass is 19.4. The molecule has 0 aromatic heterocycles. The summed E-state index contributed by atoms with van der Waals surface area (Å²) in [6.45, 7) is -2.73. The summed E-state index contributed by atoms with van der Waals surface area (Å²) in [6.07, 6.45) is -13.3. The van der Waals surface area contributed by atoms with Crippen LogP contribution in [-0.4, -0.2) is 30.5 Å². The van der Waals surface area contributed by atoms with Crippen molar-refractivity contribution in [2.75, 3.05) is 11.4 Å². The van der Waals surface area contributed by atoms with Crippen molar-refractivity contribution in [1.29, 1.82) is 5.26 Å². The maximum Gasteiger partial charge on any atom is 0.459 e. The summed E-state index contributed by atoms with van der Waals surface area (Å²) in [5.74, 6) is -14.4. The molecule has 0 saturated heterocycles. The van der Waals surface area contributed by atoms with Gasteiger partial charge in [0.15, 0.2) is 0 Å². The van der Waals surface area contributed by atoms with Gasteiger partial charge in [0.05, 0.1) is 23.9 Å². The Balaban J connectivity index is 3.51. The minimum atomic E-state index is -6.73. The summed E-state index contributed by atoms with van der Waals surface area (Å²) in [6, 6.07) is 3.44. The molecule has 150 valence electrons. The SMILES string of the molecule is N#CCC(=O)N(CC(F)(F)C(F)(F)C(F)(F)F)c1ccccc1C(F)(F)F. The number of anilines is 1. The second kappa shape index (κ2) is 7.24. The molecule has 0 radical (unpaired) electrons. The number of carbonyl (C=O) groups is 1. The molecule has 0 aliphatic rings. The lowest BCUT2D eigenvalue weighted by molar-refractivity contribution is -0.351. The minimum Gasteiger partial charge on any atom is -0.305 e. The van der Waals surface area contributed by atoms with Gasteiger partial charge in [-0.2, -0.15) is 49.2 Å². The third-order valence-electron chi connectivity index (χ3n) is 3.20. The van der Waals surface area contributed by atoms with Crippen molar-refractivity contribution >= 4 is 11.6 Å². The van der Waals surface area contributed by atoms with Gasteiger partial charge in [-0.1, -0.05) is 12.1 Å². The lowest BCUT2D eigenvalue weighted by Gasteiger charge is -2.33. The van der Waals surface area contributed by atoms with E-state index < -0.39 is 59.2 Å². The summed E-state index contributed by atoms with van der Waals surface area (Å²) < 4.78 is 129. The van der Waals surface area contributed by atoms with E-state index in [4.69, 9.17) is 5.26 Å². The number of halogens is 10.